The molecule has 104 valence electrons. The maximum Gasteiger partial charge on any atom is 0.249 e. The molecule has 1 aromatic heterocycles. The van der Waals surface area contributed by atoms with Crippen molar-refractivity contribution in [3.05, 3.63) is 71.9 Å². The van der Waals surface area contributed by atoms with Gasteiger partial charge in [0.2, 0.25) is 5.91 Å². The van der Waals surface area contributed by atoms with Crippen molar-refractivity contribution in [2.75, 3.05) is 0 Å². The van der Waals surface area contributed by atoms with Crippen molar-refractivity contribution < 1.29 is 9.53 Å². The number of amides is 1. The molecule has 0 radical (unpaired) electrons. The molecule has 0 aliphatic carbocycles. The maximum atomic E-state index is 11.4. The number of nitrogens with two attached hydrogens (primary N) is 1. The molecule has 21 heavy (non-hydrogen) atoms. The Labute approximate surface area is 122 Å². The van der Waals surface area contributed by atoms with Gasteiger partial charge in [-0.25, -0.2) is 0 Å². The highest BCUT2D eigenvalue weighted by molar-refractivity contribution is 5.94. The van der Waals surface area contributed by atoms with Crippen LogP contribution in [-0.2, 0) is 6.61 Å². The highest BCUT2D eigenvalue weighted by Crippen LogP contribution is 2.19. The van der Waals surface area contributed by atoms with Crippen LogP contribution in [0.15, 0.2) is 60.8 Å². The zero-order chi connectivity index (χ0) is 14.7. The minimum atomic E-state index is -0.453. The van der Waals surface area contributed by atoms with E-state index in [9.17, 15) is 4.79 Å². The third-order valence-electron chi connectivity index (χ3n) is 3.24. The minimum absolute atomic E-state index is 0.277. The van der Waals surface area contributed by atoms with Gasteiger partial charge in [-0.05, 0) is 18.2 Å². The molecule has 2 N–H and O–H groups in total. The number of fused-ring (bicyclic) bond motifs is 1. The largest absolute Gasteiger partial charge is 0.487 e. The van der Waals surface area contributed by atoms with Gasteiger partial charge < -0.3 is 10.5 Å². The number of benzene rings is 2. The van der Waals surface area contributed by atoms with Crippen molar-refractivity contribution in [3.63, 3.8) is 0 Å². The number of nitrogens with zero attached hydrogens (tertiary/aromatic N) is 1. The van der Waals surface area contributed by atoms with Crippen molar-refractivity contribution in [2.24, 2.45) is 5.73 Å². The van der Waals surface area contributed by atoms with Crippen LogP contribution in [0.2, 0.25) is 0 Å². The van der Waals surface area contributed by atoms with E-state index in [-0.39, 0.29) is 6.61 Å². The lowest BCUT2D eigenvalue weighted by Gasteiger charge is -2.09. The van der Waals surface area contributed by atoms with E-state index in [1.807, 2.05) is 42.5 Å². The van der Waals surface area contributed by atoms with E-state index in [0.29, 0.717) is 11.3 Å². The first-order chi connectivity index (χ1) is 10.2. The van der Waals surface area contributed by atoms with E-state index in [2.05, 4.69) is 4.98 Å². The van der Waals surface area contributed by atoms with E-state index in [1.54, 1.807) is 18.3 Å². The van der Waals surface area contributed by atoms with Gasteiger partial charge in [0.15, 0.2) is 0 Å². The van der Waals surface area contributed by atoms with Gasteiger partial charge >= 0.3 is 0 Å². The fourth-order valence-corrected chi connectivity index (χ4v) is 2.18. The maximum absolute atomic E-state index is 11.4. The Morgan fingerprint density at radius 3 is 2.71 bits per heavy atom. The number of para-hydroxylation sites is 1. The topological polar surface area (TPSA) is 65.2 Å². The van der Waals surface area contributed by atoms with Crippen molar-refractivity contribution in [3.8, 4) is 5.75 Å². The Kier molecular flexibility index (Phi) is 3.51. The van der Waals surface area contributed by atoms with Crippen LogP contribution in [0.5, 0.6) is 5.75 Å². The summed E-state index contributed by atoms with van der Waals surface area (Å²) in [6.07, 6.45) is 1.68. The summed E-state index contributed by atoms with van der Waals surface area (Å²) in [5.74, 6) is 0.207. The standard InChI is InChI=1S/C17H14N2O2/c18-17(20)15-7-3-1-6-13(15)11-21-14-9-12-5-2-4-8-16(12)19-10-14/h1-10H,11H2,(H2,18,20). The summed E-state index contributed by atoms with van der Waals surface area (Å²) in [6, 6.07) is 16.9. The average Bonchev–Trinajstić information content (AvgIpc) is 2.53. The third kappa shape index (κ3) is 2.84. The summed E-state index contributed by atoms with van der Waals surface area (Å²) in [7, 11) is 0. The van der Waals surface area contributed by atoms with Gasteiger partial charge in [0.25, 0.3) is 0 Å². The van der Waals surface area contributed by atoms with Gasteiger partial charge in [0, 0.05) is 16.5 Å². The molecule has 2 aromatic carbocycles. The first-order valence-electron chi connectivity index (χ1n) is 6.59. The van der Waals surface area contributed by atoms with Crippen LogP contribution in [-0.4, -0.2) is 10.9 Å². The van der Waals surface area contributed by atoms with Crippen LogP contribution in [0.25, 0.3) is 10.9 Å². The highest BCUT2D eigenvalue weighted by atomic mass is 16.5. The SMILES string of the molecule is NC(=O)c1ccccc1COc1cnc2ccccc2c1. The second kappa shape index (κ2) is 5.63. The van der Waals surface area contributed by atoms with E-state index < -0.39 is 5.91 Å². The fourth-order valence-electron chi connectivity index (χ4n) is 2.18. The molecule has 4 heteroatoms. The lowest BCUT2D eigenvalue weighted by atomic mass is 10.1. The molecule has 0 atom stereocenters. The second-order valence-corrected chi connectivity index (χ2v) is 4.67. The Morgan fingerprint density at radius 1 is 1.10 bits per heavy atom. The van der Waals surface area contributed by atoms with Crippen molar-refractivity contribution in [1.29, 1.82) is 0 Å². The fraction of sp³-hybridized carbons (Fsp3) is 0.0588. The third-order valence-corrected chi connectivity index (χ3v) is 3.24. The van der Waals surface area contributed by atoms with Crippen LogP contribution in [0.3, 0.4) is 0 Å². The lowest BCUT2D eigenvalue weighted by molar-refractivity contribution is 0.0998. The minimum Gasteiger partial charge on any atom is -0.487 e. The predicted molar refractivity (Wildman–Crippen MR) is 81.0 cm³/mol. The molecule has 0 aliphatic heterocycles. The first-order valence-corrected chi connectivity index (χ1v) is 6.59. The monoisotopic (exact) mass is 278 g/mol. The molecule has 3 aromatic rings. The Hall–Kier alpha value is -2.88. The molecular formula is C17H14N2O2. The summed E-state index contributed by atoms with van der Waals surface area (Å²) in [6.45, 7) is 0.277. The van der Waals surface area contributed by atoms with Gasteiger partial charge in [-0.15, -0.1) is 0 Å². The summed E-state index contributed by atoms with van der Waals surface area (Å²) in [4.78, 5) is 15.7. The van der Waals surface area contributed by atoms with Crippen LogP contribution >= 0.6 is 0 Å². The molecule has 1 amide bonds. The van der Waals surface area contributed by atoms with Crippen LogP contribution in [0.4, 0.5) is 0 Å². The summed E-state index contributed by atoms with van der Waals surface area (Å²) in [5, 5.41) is 1.01. The number of carbonyl (C=O) groups is 1. The molecule has 0 spiro atoms. The molecule has 0 aliphatic rings. The molecule has 0 bridgehead atoms. The number of rotatable bonds is 4. The number of primary amides is 1. The van der Waals surface area contributed by atoms with E-state index in [0.717, 1.165) is 16.5 Å². The molecule has 3 rings (SSSR count). The number of pyridine rings is 1. The highest BCUT2D eigenvalue weighted by Gasteiger charge is 2.07. The van der Waals surface area contributed by atoms with Crippen molar-refractivity contribution in [1.82, 2.24) is 4.98 Å². The van der Waals surface area contributed by atoms with Crippen molar-refractivity contribution in [2.45, 2.75) is 6.61 Å². The van der Waals surface area contributed by atoms with E-state index >= 15 is 0 Å². The molecule has 0 saturated carbocycles. The Balaban J connectivity index is 1.82. The van der Waals surface area contributed by atoms with Crippen LogP contribution < -0.4 is 10.5 Å². The van der Waals surface area contributed by atoms with Crippen molar-refractivity contribution >= 4 is 16.8 Å². The van der Waals surface area contributed by atoms with Gasteiger partial charge in [0.1, 0.15) is 12.4 Å². The smallest absolute Gasteiger partial charge is 0.249 e. The predicted octanol–water partition coefficient (Wildman–Crippen LogP) is 2.91. The van der Waals surface area contributed by atoms with E-state index in [1.165, 1.54) is 0 Å². The number of carbonyl (C=O) groups excluding carboxylic acids is 1. The zero-order valence-electron chi connectivity index (χ0n) is 11.3. The molecular weight excluding hydrogens is 264 g/mol. The number of hydrogen-bond acceptors (Lipinski definition) is 3. The number of ether oxygens (including phenoxy) is 1. The Morgan fingerprint density at radius 2 is 1.86 bits per heavy atom. The van der Waals surface area contributed by atoms with E-state index in [4.69, 9.17) is 10.5 Å². The summed E-state index contributed by atoms with van der Waals surface area (Å²) >= 11 is 0. The van der Waals surface area contributed by atoms with Crippen LogP contribution in [0.1, 0.15) is 15.9 Å². The summed E-state index contributed by atoms with van der Waals surface area (Å²) in [5.41, 5.74) is 7.51. The quantitative estimate of drug-likeness (QED) is 0.798. The lowest BCUT2D eigenvalue weighted by Crippen LogP contribution is -2.14. The zero-order valence-corrected chi connectivity index (χ0v) is 11.3. The van der Waals surface area contributed by atoms with Crippen LogP contribution in [0, 0.1) is 0 Å². The van der Waals surface area contributed by atoms with Gasteiger partial charge in [-0.3, -0.25) is 9.78 Å². The molecule has 1 heterocycles. The molecule has 0 saturated heterocycles. The van der Waals surface area contributed by atoms with Gasteiger partial charge in [-0.2, -0.15) is 0 Å². The summed E-state index contributed by atoms with van der Waals surface area (Å²) < 4.78 is 5.72. The molecule has 4 nitrogen and oxygen atoms in total. The normalized spacial score (nSPS) is 10.5. The Bertz CT molecular complexity index is 799. The molecule has 0 fully saturated rings. The van der Waals surface area contributed by atoms with Gasteiger partial charge in [0.05, 0.1) is 11.7 Å². The van der Waals surface area contributed by atoms with Gasteiger partial charge in [-0.1, -0.05) is 36.4 Å². The molecule has 0 unspecified atom stereocenters. The first kappa shape index (κ1) is 13.1. The number of hydrogen-bond donors (Lipinski definition) is 1. The average molecular weight is 278 g/mol. The number of aromatic nitrogens is 1. The second-order valence-electron chi connectivity index (χ2n) is 4.67.